The zero-order chi connectivity index (χ0) is 9.28. The third-order valence-corrected chi connectivity index (χ3v) is 0.689. The van der Waals surface area contributed by atoms with Crippen LogP contribution in [0.1, 0.15) is 20.8 Å². The monoisotopic (exact) mass is 182 g/mol. The van der Waals surface area contributed by atoms with Crippen LogP contribution in [0.15, 0.2) is 0 Å². The van der Waals surface area contributed by atoms with E-state index in [0.29, 0.717) is 6.61 Å². The predicted molar refractivity (Wildman–Crippen MR) is 44.6 cm³/mol. The van der Waals surface area contributed by atoms with Crippen molar-refractivity contribution in [3.63, 3.8) is 0 Å². The van der Waals surface area contributed by atoms with E-state index >= 15 is 0 Å². The van der Waals surface area contributed by atoms with E-state index in [0.717, 1.165) is 0 Å². The van der Waals surface area contributed by atoms with Crippen molar-refractivity contribution in [1.82, 2.24) is 0 Å². The summed E-state index contributed by atoms with van der Waals surface area (Å²) in [5, 5.41) is 8.14. The summed E-state index contributed by atoms with van der Waals surface area (Å²) in [7, 11) is 1.45. The molecule has 12 heavy (non-hydrogen) atoms. The molecular formula is C7H18O5. The van der Waals surface area contributed by atoms with Crippen LogP contribution in [0.3, 0.4) is 0 Å². The number of rotatable bonds is 2. The van der Waals surface area contributed by atoms with Crippen molar-refractivity contribution in [3.8, 4) is 0 Å². The quantitative estimate of drug-likeness (QED) is 0.469. The lowest BCUT2D eigenvalue weighted by molar-refractivity contribution is -0.140. The fraction of sp³-hybridized carbons (Fsp3) is 0.857. The number of aliphatic hydroxyl groups is 1. The molecule has 0 aliphatic heterocycles. The van der Waals surface area contributed by atoms with E-state index in [1.54, 1.807) is 13.8 Å². The lowest BCUT2D eigenvalue weighted by Crippen LogP contribution is -1.99. The van der Waals surface area contributed by atoms with E-state index in [2.05, 4.69) is 9.47 Å². The molecule has 0 bridgehead atoms. The van der Waals surface area contributed by atoms with Gasteiger partial charge in [-0.2, -0.15) is 0 Å². The molecule has 76 valence electrons. The highest BCUT2D eigenvalue weighted by Crippen LogP contribution is 1.72. The molecule has 1 atom stereocenters. The van der Waals surface area contributed by atoms with E-state index in [1.165, 1.54) is 14.0 Å². The van der Waals surface area contributed by atoms with Crippen LogP contribution in [-0.2, 0) is 14.3 Å². The molecule has 0 aliphatic carbocycles. The van der Waals surface area contributed by atoms with Crippen LogP contribution in [0.25, 0.3) is 0 Å². The number of carbonyl (C=O) groups is 1. The first-order valence-corrected chi connectivity index (χ1v) is 3.38. The summed E-state index contributed by atoms with van der Waals surface area (Å²) < 4.78 is 8.71. The number of hydrogen-bond acceptors (Lipinski definition) is 4. The minimum Gasteiger partial charge on any atom is -0.466 e. The highest BCUT2D eigenvalue weighted by Gasteiger charge is 1.81. The van der Waals surface area contributed by atoms with Gasteiger partial charge in [0.1, 0.15) is 0 Å². The van der Waals surface area contributed by atoms with Crippen LogP contribution in [0.5, 0.6) is 0 Å². The minimum absolute atomic E-state index is 0. The second-order valence-electron chi connectivity index (χ2n) is 1.76. The van der Waals surface area contributed by atoms with Gasteiger partial charge in [-0.3, -0.25) is 4.79 Å². The average molecular weight is 182 g/mol. The largest absolute Gasteiger partial charge is 0.466 e. The van der Waals surface area contributed by atoms with Crippen molar-refractivity contribution in [2.75, 3.05) is 13.7 Å². The number of hydrogen-bond donors (Lipinski definition) is 1. The van der Waals surface area contributed by atoms with E-state index in [-0.39, 0.29) is 11.4 Å². The van der Waals surface area contributed by atoms with Gasteiger partial charge in [0.25, 0.3) is 0 Å². The van der Waals surface area contributed by atoms with Crippen molar-refractivity contribution in [3.05, 3.63) is 0 Å². The molecule has 5 heteroatoms. The number of ether oxygens (including phenoxy) is 2. The smallest absolute Gasteiger partial charge is 0.302 e. The van der Waals surface area contributed by atoms with Gasteiger partial charge in [0.15, 0.2) is 6.29 Å². The van der Waals surface area contributed by atoms with Gasteiger partial charge >= 0.3 is 5.97 Å². The Morgan fingerprint density at radius 1 is 1.58 bits per heavy atom. The van der Waals surface area contributed by atoms with Crippen LogP contribution >= 0.6 is 0 Å². The lowest BCUT2D eigenvalue weighted by Gasteiger charge is -1.94. The Morgan fingerprint density at radius 2 is 1.92 bits per heavy atom. The van der Waals surface area contributed by atoms with E-state index in [4.69, 9.17) is 5.11 Å². The molecule has 0 aromatic carbocycles. The second-order valence-corrected chi connectivity index (χ2v) is 1.76. The summed E-state index contributed by atoms with van der Waals surface area (Å²) in [5.41, 5.74) is 0. The molecule has 0 heterocycles. The average Bonchev–Trinajstić information content (AvgIpc) is 1.89. The van der Waals surface area contributed by atoms with E-state index < -0.39 is 6.29 Å². The number of aliphatic hydroxyl groups excluding tert-OH is 1. The zero-order valence-electron chi connectivity index (χ0n) is 7.96. The Bertz CT molecular complexity index is 91.8. The molecule has 0 aliphatic rings. The summed E-state index contributed by atoms with van der Waals surface area (Å²) >= 11 is 0. The molecule has 5 nitrogen and oxygen atoms in total. The topological polar surface area (TPSA) is 87.3 Å². The van der Waals surface area contributed by atoms with Gasteiger partial charge in [-0.15, -0.1) is 0 Å². The molecule has 0 rings (SSSR count). The fourth-order valence-corrected chi connectivity index (χ4v) is 0.203. The summed E-state index contributed by atoms with van der Waals surface area (Å²) in [4.78, 5) is 9.82. The van der Waals surface area contributed by atoms with Crippen molar-refractivity contribution in [2.24, 2.45) is 0 Å². The van der Waals surface area contributed by atoms with E-state index in [9.17, 15) is 4.79 Å². The summed E-state index contributed by atoms with van der Waals surface area (Å²) in [5.74, 6) is -0.211. The Kier molecular flexibility index (Phi) is 18.9. The van der Waals surface area contributed by atoms with Crippen molar-refractivity contribution >= 4 is 5.97 Å². The predicted octanol–water partition coefficient (Wildman–Crippen LogP) is -0.284. The van der Waals surface area contributed by atoms with Crippen LogP contribution in [0, 0.1) is 0 Å². The maximum Gasteiger partial charge on any atom is 0.302 e. The van der Waals surface area contributed by atoms with Crippen LogP contribution < -0.4 is 0 Å². The highest BCUT2D eigenvalue weighted by atomic mass is 16.6. The first-order chi connectivity index (χ1) is 5.04. The van der Waals surface area contributed by atoms with Gasteiger partial charge in [0, 0.05) is 14.0 Å². The maximum absolute atomic E-state index is 9.82. The maximum atomic E-state index is 9.82. The van der Waals surface area contributed by atoms with Gasteiger partial charge in [0.05, 0.1) is 6.61 Å². The van der Waals surface area contributed by atoms with Gasteiger partial charge in [-0.1, -0.05) is 0 Å². The molecule has 0 saturated heterocycles. The number of esters is 1. The highest BCUT2D eigenvalue weighted by molar-refractivity contribution is 5.65. The standard InChI is InChI=1S/C4H8O2.C3H8O2.H2O/c1-3-6-4(2)5;1-3(4)5-2;/h3H2,1-2H3;3-4H,1-2H3;1H2. The Hall–Kier alpha value is -0.650. The lowest BCUT2D eigenvalue weighted by atomic mass is 10.8. The third kappa shape index (κ3) is 34.5. The SMILES string of the molecule is CCOC(C)=O.COC(C)O.O. The fourth-order valence-electron chi connectivity index (χ4n) is 0.203. The molecule has 0 saturated carbocycles. The number of methoxy groups -OCH3 is 1. The molecule has 0 spiro atoms. The van der Waals surface area contributed by atoms with Crippen LogP contribution in [0.2, 0.25) is 0 Å². The van der Waals surface area contributed by atoms with Gasteiger partial charge < -0.3 is 20.1 Å². The Labute approximate surface area is 72.6 Å². The molecule has 0 fully saturated rings. The summed E-state index contributed by atoms with van der Waals surface area (Å²) in [6, 6.07) is 0. The molecule has 1 unspecified atom stereocenters. The molecule has 0 radical (unpaired) electrons. The van der Waals surface area contributed by atoms with Crippen molar-refractivity contribution in [1.29, 1.82) is 0 Å². The first-order valence-electron chi connectivity index (χ1n) is 3.38. The summed E-state index contributed by atoms with van der Waals surface area (Å²) in [6.07, 6.45) is -0.616. The third-order valence-electron chi connectivity index (χ3n) is 0.689. The molecule has 3 N–H and O–H groups in total. The molecule has 0 amide bonds. The summed E-state index contributed by atoms with van der Waals surface area (Å²) in [6.45, 7) is 5.21. The van der Waals surface area contributed by atoms with Crippen LogP contribution in [0.4, 0.5) is 0 Å². The van der Waals surface area contributed by atoms with Gasteiger partial charge in [-0.25, -0.2) is 0 Å². The van der Waals surface area contributed by atoms with Gasteiger partial charge in [-0.05, 0) is 13.8 Å². The van der Waals surface area contributed by atoms with Crippen molar-refractivity contribution < 1.29 is 24.9 Å². The van der Waals surface area contributed by atoms with Crippen molar-refractivity contribution in [2.45, 2.75) is 27.1 Å². The van der Waals surface area contributed by atoms with E-state index in [1.807, 2.05) is 0 Å². The molecular weight excluding hydrogens is 164 g/mol. The molecule has 0 aromatic heterocycles. The number of carbonyl (C=O) groups excluding carboxylic acids is 1. The zero-order valence-corrected chi connectivity index (χ0v) is 7.96. The van der Waals surface area contributed by atoms with Gasteiger partial charge in [0.2, 0.25) is 0 Å². The first kappa shape index (κ1) is 17.4. The Morgan fingerprint density at radius 3 is 1.92 bits per heavy atom. The Balaban J connectivity index is -0.000000126. The minimum atomic E-state index is -0.616. The van der Waals surface area contributed by atoms with Crippen LogP contribution in [-0.4, -0.2) is 36.6 Å². The normalized spacial score (nSPS) is 10.1. The molecule has 0 aromatic rings. The second kappa shape index (κ2) is 13.0.